The van der Waals surface area contributed by atoms with Gasteiger partial charge in [0.2, 0.25) is 5.91 Å². The van der Waals surface area contributed by atoms with Crippen LogP contribution in [0.4, 0.5) is 0 Å². The molecule has 0 bridgehead atoms. The summed E-state index contributed by atoms with van der Waals surface area (Å²) in [5.41, 5.74) is 1.10. The van der Waals surface area contributed by atoms with Gasteiger partial charge in [0.25, 0.3) is 0 Å². The Kier molecular flexibility index (Phi) is 7.53. The van der Waals surface area contributed by atoms with Gasteiger partial charge < -0.3 is 20.3 Å². The van der Waals surface area contributed by atoms with Crippen molar-refractivity contribution in [3.8, 4) is 5.75 Å². The molecule has 1 heterocycles. The quantitative estimate of drug-likeness (QED) is 0.715. The van der Waals surface area contributed by atoms with E-state index in [4.69, 9.17) is 4.74 Å². The van der Waals surface area contributed by atoms with Gasteiger partial charge in [0.1, 0.15) is 5.75 Å². The first-order chi connectivity index (χ1) is 11.5. The molecule has 5 nitrogen and oxygen atoms in total. The van der Waals surface area contributed by atoms with Crippen LogP contribution in [-0.2, 0) is 11.3 Å². The molecule has 2 N–H and O–H groups in total. The Bertz CT molecular complexity index is 502. The normalized spacial score (nSPS) is 20.8. The summed E-state index contributed by atoms with van der Waals surface area (Å²) in [7, 11) is 4.13. The molecule has 0 unspecified atom stereocenters. The molecule has 1 amide bonds. The molecule has 5 heteroatoms. The van der Waals surface area contributed by atoms with Crippen LogP contribution in [0.25, 0.3) is 0 Å². The highest BCUT2D eigenvalue weighted by atomic mass is 16.5. The van der Waals surface area contributed by atoms with E-state index in [0.717, 1.165) is 50.3 Å². The van der Waals surface area contributed by atoms with Gasteiger partial charge >= 0.3 is 0 Å². The van der Waals surface area contributed by atoms with Crippen LogP contribution in [0, 0.1) is 5.92 Å². The van der Waals surface area contributed by atoms with Crippen molar-refractivity contribution in [2.45, 2.75) is 38.8 Å². The summed E-state index contributed by atoms with van der Waals surface area (Å²) in [5.74, 6) is 1.20. The second kappa shape index (κ2) is 9.64. The Morgan fingerprint density at radius 1 is 1.33 bits per heavy atom. The van der Waals surface area contributed by atoms with Crippen molar-refractivity contribution in [2.75, 3.05) is 33.8 Å². The molecule has 2 rings (SSSR count). The van der Waals surface area contributed by atoms with Crippen molar-refractivity contribution in [1.29, 1.82) is 0 Å². The predicted molar refractivity (Wildman–Crippen MR) is 97.1 cm³/mol. The molecular weight excluding hydrogens is 302 g/mol. The molecule has 1 aromatic carbocycles. The number of benzene rings is 1. The third kappa shape index (κ3) is 6.49. The summed E-state index contributed by atoms with van der Waals surface area (Å²) >= 11 is 0. The van der Waals surface area contributed by atoms with E-state index in [2.05, 4.69) is 36.6 Å². The lowest BCUT2D eigenvalue weighted by Crippen LogP contribution is -2.42. The fourth-order valence-electron chi connectivity index (χ4n) is 2.98. The number of nitrogens with zero attached hydrogens (tertiary/aromatic N) is 1. The molecule has 0 saturated carbocycles. The lowest BCUT2D eigenvalue weighted by atomic mass is 9.92. The Labute approximate surface area is 145 Å². The zero-order valence-corrected chi connectivity index (χ0v) is 15.2. The molecule has 24 heavy (non-hydrogen) atoms. The van der Waals surface area contributed by atoms with Crippen molar-refractivity contribution >= 4 is 5.91 Å². The molecule has 1 saturated heterocycles. The molecule has 0 spiro atoms. The van der Waals surface area contributed by atoms with Gasteiger partial charge in [-0.25, -0.2) is 0 Å². The molecule has 0 aliphatic carbocycles. The second-order valence-electron chi connectivity index (χ2n) is 6.94. The van der Waals surface area contributed by atoms with Gasteiger partial charge in [-0.1, -0.05) is 12.1 Å². The number of piperidine rings is 1. The zero-order chi connectivity index (χ0) is 17.4. The van der Waals surface area contributed by atoms with Crippen LogP contribution >= 0.6 is 0 Å². The average Bonchev–Trinajstić information content (AvgIpc) is 2.57. The Balaban J connectivity index is 1.70. The number of hydrogen-bond acceptors (Lipinski definition) is 4. The minimum atomic E-state index is 0.139. The van der Waals surface area contributed by atoms with Crippen molar-refractivity contribution in [3.63, 3.8) is 0 Å². The molecule has 1 aliphatic rings. The zero-order valence-electron chi connectivity index (χ0n) is 15.2. The number of amides is 1. The largest absolute Gasteiger partial charge is 0.494 e. The van der Waals surface area contributed by atoms with E-state index in [-0.39, 0.29) is 11.8 Å². The van der Waals surface area contributed by atoms with E-state index in [1.807, 2.05) is 24.3 Å². The molecular formula is C19H31N3O2. The summed E-state index contributed by atoms with van der Waals surface area (Å²) in [6.45, 7) is 5.40. The lowest BCUT2D eigenvalue weighted by Gasteiger charge is -2.27. The molecule has 2 atom stereocenters. The molecule has 1 aliphatic heterocycles. The first kappa shape index (κ1) is 18.7. The number of rotatable bonds is 8. The molecule has 134 valence electrons. The van der Waals surface area contributed by atoms with E-state index in [0.29, 0.717) is 12.6 Å². The number of hydrogen-bond donors (Lipinski definition) is 2. The van der Waals surface area contributed by atoms with E-state index < -0.39 is 0 Å². The van der Waals surface area contributed by atoms with Gasteiger partial charge in [0.05, 0.1) is 6.61 Å². The minimum absolute atomic E-state index is 0.139. The van der Waals surface area contributed by atoms with Gasteiger partial charge in [-0.3, -0.25) is 4.79 Å². The highest BCUT2D eigenvalue weighted by Gasteiger charge is 2.24. The monoisotopic (exact) mass is 333 g/mol. The van der Waals surface area contributed by atoms with Crippen LogP contribution in [0.3, 0.4) is 0 Å². The summed E-state index contributed by atoms with van der Waals surface area (Å²) in [4.78, 5) is 14.4. The first-order valence-corrected chi connectivity index (χ1v) is 8.92. The Morgan fingerprint density at radius 3 is 2.75 bits per heavy atom. The average molecular weight is 333 g/mol. The van der Waals surface area contributed by atoms with Gasteiger partial charge in [-0.05, 0) is 64.5 Å². The molecule has 0 aromatic heterocycles. The van der Waals surface area contributed by atoms with Crippen molar-refractivity contribution in [1.82, 2.24) is 15.5 Å². The molecule has 0 radical (unpaired) electrons. The predicted octanol–water partition coefficient (Wildman–Crippen LogP) is 2.02. The molecule has 1 fully saturated rings. The standard InChI is InChI=1S/C19H31N3O2/c1-15-13-17(9-10-20-15)19(23)21-14-16-5-7-18(8-6-16)24-12-4-11-22(2)3/h5-8,15,17,20H,4,9-14H2,1-3H3,(H,21,23)/t15-,17-/m0/s1. The van der Waals surface area contributed by atoms with Crippen molar-refractivity contribution in [2.24, 2.45) is 5.92 Å². The third-order valence-corrected chi connectivity index (χ3v) is 4.40. The van der Waals surface area contributed by atoms with Crippen LogP contribution in [0.2, 0.25) is 0 Å². The fourth-order valence-corrected chi connectivity index (χ4v) is 2.98. The molecule has 1 aromatic rings. The van der Waals surface area contributed by atoms with Gasteiger partial charge in [-0.2, -0.15) is 0 Å². The third-order valence-electron chi connectivity index (χ3n) is 4.40. The minimum Gasteiger partial charge on any atom is -0.494 e. The van der Waals surface area contributed by atoms with E-state index in [1.54, 1.807) is 0 Å². The van der Waals surface area contributed by atoms with Gasteiger partial charge in [-0.15, -0.1) is 0 Å². The summed E-state index contributed by atoms with van der Waals surface area (Å²) < 4.78 is 5.72. The number of carbonyl (C=O) groups is 1. The number of carbonyl (C=O) groups excluding carboxylic acids is 1. The smallest absolute Gasteiger partial charge is 0.223 e. The first-order valence-electron chi connectivity index (χ1n) is 8.92. The van der Waals surface area contributed by atoms with Crippen molar-refractivity contribution < 1.29 is 9.53 Å². The topological polar surface area (TPSA) is 53.6 Å². The summed E-state index contributed by atoms with van der Waals surface area (Å²) in [6.07, 6.45) is 2.86. The van der Waals surface area contributed by atoms with Crippen LogP contribution in [0.5, 0.6) is 5.75 Å². The van der Waals surface area contributed by atoms with E-state index in [9.17, 15) is 4.79 Å². The summed E-state index contributed by atoms with van der Waals surface area (Å²) in [5, 5.41) is 6.44. The van der Waals surface area contributed by atoms with Gasteiger partial charge in [0.15, 0.2) is 0 Å². The summed E-state index contributed by atoms with van der Waals surface area (Å²) in [6, 6.07) is 8.42. The number of ether oxygens (including phenoxy) is 1. The maximum Gasteiger partial charge on any atom is 0.223 e. The highest BCUT2D eigenvalue weighted by molar-refractivity contribution is 5.78. The maximum atomic E-state index is 12.2. The van der Waals surface area contributed by atoms with Crippen LogP contribution in [-0.4, -0.2) is 50.6 Å². The van der Waals surface area contributed by atoms with E-state index >= 15 is 0 Å². The lowest BCUT2D eigenvalue weighted by molar-refractivity contribution is -0.126. The SMILES string of the molecule is C[C@H]1C[C@@H](C(=O)NCc2ccc(OCCCN(C)C)cc2)CCN1. The van der Waals surface area contributed by atoms with Crippen molar-refractivity contribution in [3.05, 3.63) is 29.8 Å². The fraction of sp³-hybridized carbons (Fsp3) is 0.632. The maximum absolute atomic E-state index is 12.2. The Hall–Kier alpha value is -1.59. The van der Waals surface area contributed by atoms with E-state index in [1.165, 1.54) is 0 Å². The van der Waals surface area contributed by atoms with Crippen LogP contribution in [0.1, 0.15) is 31.7 Å². The number of nitrogens with one attached hydrogen (secondary N) is 2. The van der Waals surface area contributed by atoms with Crippen LogP contribution < -0.4 is 15.4 Å². The van der Waals surface area contributed by atoms with Crippen LogP contribution in [0.15, 0.2) is 24.3 Å². The Morgan fingerprint density at radius 2 is 2.08 bits per heavy atom. The highest BCUT2D eigenvalue weighted by Crippen LogP contribution is 2.17. The second-order valence-corrected chi connectivity index (χ2v) is 6.94. The van der Waals surface area contributed by atoms with Gasteiger partial charge in [0, 0.05) is 25.0 Å².